The Morgan fingerprint density at radius 3 is 2.52 bits per heavy atom. The summed E-state index contributed by atoms with van der Waals surface area (Å²) in [5, 5.41) is 1.05. The molecule has 0 bridgehead atoms. The second kappa shape index (κ2) is 6.21. The van der Waals surface area contributed by atoms with Crippen molar-refractivity contribution in [2.24, 2.45) is 0 Å². The summed E-state index contributed by atoms with van der Waals surface area (Å²) in [5.41, 5.74) is 1.77. The number of halogens is 3. The number of hydrogen-bond donors (Lipinski definition) is 0. The van der Waals surface area contributed by atoms with Gasteiger partial charge in [-0.1, -0.05) is 45.2 Å². The van der Waals surface area contributed by atoms with Crippen molar-refractivity contribution in [1.82, 2.24) is 0 Å². The van der Waals surface area contributed by atoms with Crippen molar-refractivity contribution in [3.05, 3.63) is 62.5 Å². The van der Waals surface area contributed by atoms with Crippen molar-refractivity contribution in [3.8, 4) is 0 Å². The van der Waals surface area contributed by atoms with Gasteiger partial charge >= 0.3 is 0 Å². The van der Waals surface area contributed by atoms with E-state index in [9.17, 15) is 4.79 Å². The first kappa shape index (κ1) is 15.2. The lowest BCUT2D eigenvalue weighted by Gasteiger charge is -2.25. The number of rotatable bonds is 2. The second-order valence-corrected chi connectivity index (χ2v) is 7.40. The number of carbonyl (C=O) groups is 1. The first-order chi connectivity index (χ1) is 10.1. The Labute approximate surface area is 145 Å². The molecule has 1 fully saturated rings. The number of nitrogens with zero attached hydrogens (tertiary/aromatic N) is 1. The number of benzene rings is 2. The van der Waals surface area contributed by atoms with Crippen LogP contribution >= 0.6 is 50.9 Å². The number of thioether (sulfide) groups is 1. The van der Waals surface area contributed by atoms with Gasteiger partial charge in [0.2, 0.25) is 5.91 Å². The van der Waals surface area contributed by atoms with E-state index in [2.05, 4.69) is 15.9 Å². The standard InChI is InChI=1S/C15H10BrCl2NOS/c16-9-1-4-11(5-2-9)19-14(20)8-21-15(19)12-6-3-10(17)7-13(12)18/h1-7,15H,8H2/t15-/m0/s1. The summed E-state index contributed by atoms with van der Waals surface area (Å²) in [7, 11) is 0. The van der Waals surface area contributed by atoms with Gasteiger partial charge in [-0.2, -0.15) is 0 Å². The molecule has 2 aromatic carbocycles. The van der Waals surface area contributed by atoms with Gasteiger partial charge in [-0.05, 0) is 36.4 Å². The molecule has 2 aromatic rings. The molecule has 0 saturated carbocycles. The molecule has 0 aliphatic carbocycles. The van der Waals surface area contributed by atoms with Crippen LogP contribution in [-0.4, -0.2) is 11.7 Å². The summed E-state index contributed by atoms with van der Waals surface area (Å²) < 4.78 is 0.978. The Morgan fingerprint density at radius 1 is 1.14 bits per heavy atom. The largest absolute Gasteiger partial charge is 0.295 e. The maximum absolute atomic E-state index is 12.2. The van der Waals surface area contributed by atoms with Crippen LogP contribution in [0.3, 0.4) is 0 Å². The van der Waals surface area contributed by atoms with Crippen LogP contribution in [-0.2, 0) is 4.79 Å². The quantitative estimate of drug-likeness (QED) is 0.657. The van der Waals surface area contributed by atoms with Gasteiger partial charge in [-0.3, -0.25) is 9.69 Å². The SMILES string of the molecule is O=C1CS[C@@H](c2ccc(Cl)cc2Cl)N1c1ccc(Br)cc1. The average Bonchev–Trinajstić information content (AvgIpc) is 2.82. The van der Waals surface area contributed by atoms with Gasteiger partial charge in [0.25, 0.3) is 0 Å². The summed E-state index contributed by atoms with van der Waals surface area (Å²) in [6, 6.07) is 13.1. The first-order valence-corrected chi connectivity index (χ1v) is 8.80. The molecule has 3 rings (SSSR count). The minimum atomic E-state index is -0.122. The molecular formula is C15H10BrCl2NOS. The fourth-order valence-corrected chi connectivity index (χ4v) is 4.29. The monoisotopic (exact) mass is 401 g/mol. The molecule has 6 heteroatoms. The molecule has 2 nitrogen and oxygen atoms in total. The Bertz CT molecular complexity index is 693. The van der Waals surface area contributed by atoms with E-state index in [1.807, 2.05) is 30.3 Å². The highest BCUT2D eigenvalue weighted by Gasteiger charge is 2.35. The van der Waals surface area contributed by atoms with Crippen LogP contribution in [0.2, 0.25) is 10.0 Å². The minimum Gasteiger partial charge on any atom is -0.295 e. The molecule has 108 valence electrons. The predicted molar refractivity (Wildman–Crippen MR) is 93.3 cm³/mol. The topological polar surface area (TPSA) is 20.3 Å². The molecule has 1 aliphatic rings. The van der Waals surface area contributed by atoms with E-state index in [0.29, 0.717) is 15.8 Å². The fourth-order valence-electron chi connectivity index (χ4n) is 2.24. The summed E-state index contributed by atoms with van der Waals surface area (Å²) in [4.78, 5) is 14.0. The fraction of sp³-hybridized carbons (Fsp3) is 0.133. The summed E-state index contributed by atoms with van der Waals surface area (Å²) in [6.45, 7) is 0. The van der Waals surface area contributed by atoms with Gasteiger partial charge in [0.05, 0.1) is 5.75 Å². The lowest BCUT2D eigenvalue weighted by molar-refractivity contribution is -0.115. The molecule has 0 unspecified atom stereocenters. The van der Waals surface area contributed by atoms with Crippen molar-refractivity contribution in [1.29, 1.82) is 0 Å². The molecule has 1 aliphatic heterocycles. The van der Waals surface area contributed by atoms with E-state index in [4.69, 9.17) is 23.2 Å². The number of carbonyl (C=O) groups excluding carboxylic acids is 1. The first-order valence-electron chi connectivity index (χ1n) is 6.20. The van der Waals surface area contributed by atoms with Crippen molar-refractivity contribution >= 4 is 62.5 Å². The van der Waals surface area contributed by atoms with E-state index in [1.165, 1.54) is 0 Å². The molecule has 1 atom stereocenters. The van der Waals surface area contributed by atoms with E-state index >= 15 is 0 Å². The van der Waals surface area contributed by atoms with Crippen molar-refractivity contribution in [3.63, 3.8) is 0 Å². The van der Waals surface area contributed by atoms with Gasteiger partial charge in [-0.15, -0.1) is 11.8 Å². The normalized spacial score (nSPS) is 18.3. The molecule has 0 N–H and O–H groups in total. The summed E-state index contributed by atoms with van der Waals surface area (Å²) in [5.74, 6) is 0.526. The molecule has 21 heavy (non-hydrogen) atoms. The van der Waals surface area contributed by atoms with Crippen LogP contribution in [0.4, 0.5) is 5.69 Å². The van der Waals surface area contributed by atoms with Crippen LogP contribution in [0.25, 0.3) is 0 Å². The Hall–Kier alpha value is -0.680. The van der Waals surface area contributed by atoms with Crippen molar-refractivity contribution in [2.75, 3.05) is 10.7 Å². The number of amides is 1. The lowest BCUT2D eigenvalue weighted by atomic mass is 10.2. The van der Waals surface area contributed by atoms with Crippen LogP contribution < -0.4 is 4.90 Å². The third kappa shape index (κ3) is 3.09. The molecule has 0 radical (unpaired) electrons. The lowest BCUT2D eigenvalue weighted by Crippen LogP contribution is -2.27. The number of anilines is 1. The zero-order valence-electron chi connectivity index (χ0n) is 10.7. The Balaban J connectivity index is 2.01. The minimum absolute atomic E-state index is 0.0818. The highest BCUT2D eigenvalue weighted by atomic mass is 79.9. The van der Waals surface area contributed by atoms with Gasteiger partial charge in [0, 0.05) is 25.8 Å². The van der Waals surface area contributed by atoms with Gasteiger partial charge in [0.15, 0.2) is 0 Å². The molecule has 0 spiro atoms. The van der Waals surface area contributed by atoms with Crippen LogP contribution in [0.1, 0.15) is 10.9 Å². The zero-order chi connectivity index (χ0) is 15.0. The predicted octanol–water partition coefficient (Wildman–Crippen LogP) is 5.53. The van der Waals surface area contributed by atoms with Crippen molar-refractivity contribution < 1.29 is 4.79 Å². The zero-order valence-corrected chi connectivity index (χ0v) is 14.6. The van der Waals surface area contributed by atoms with E-state index in [1.54, 1.807) is 28.8 Å². The van der Waals surface area contributed by atoms with Crippen LogP contribution in [0.15, 0.2) is 46.9 Å². The molecule has 1 saturated heterocycles. The van der Waals surface area contributed by atoms with Gasteiger partial charge in [0.1, 0.15) is 5.37 Å². The van der Waals surface area contributed by atoms with Crippen LogP contribution in [0.5, 0.6) is 0 Å². The highest BCUT2D eigenvalue weighted by molar-refractivity contribution is 9.10. The smallest absolute Gasteiger partial charge is 0.238 e. The van der Waals surface area contributed by atoms with Crippen LogP contribution in [0, 0.1) is 0 Å². The summed E-state index contributed by atoms with van der Waals surface area (Å²) >= 11 is 17.2. The third-order valence-electron chi connectivity index (χ3n) is 3.20. The van der Waals surface area contributed by atoms with Crippen molar-refractivity contribution in [2.45, 2.75) is 5.37 Å². The van der Waals surface area contributed by atoms with Gasteiger partial charge < -0.3 is 0 Å². The van der Waals surface area contributed by atoms with E-state index < -0.39 is 0 Å². The molecule has 1 amide bonds. The maximum atomic E-state index is 12.2. The summed E-state index contributed by atoms with van der Waals surface area (Å²) in [6.07, 6.45) is 0. The Kier molecular flexibility index (Phi) is 4.50. The third-order valence-corrected chi connectivity index (χ3v) is 5.49. The average molecular weight is 403 g/mol. The van der Waals surface area contributed by atoms with Gasteiger partial charge in [-0.25, -0.2) is 0 Å². The molecular weight excluding hydrogens is 393 g/mol. The Morgan fingerprint density at radius 2 is 1.86 bits per heavy atom. The van der Waals surface area contributed by atoms with E-state index in [-0.39, 0.29) is 11.3 Å². The maximum Gasteiger partial charge on any atom is 0.238 e. The van der Waals surface area contributed by atoms with E-state index in [0.717, 1.165) is 15.7 Å². The highest BCUT2D eigenvalue weighted by Crippen LogP contribution is 2.44. The molecule has 0 aromatic heterocycles. The second-order valence-electron chi connectivity index (χ2n) is 4.57. The number of hydrogen-bond acceptors (Lipinski definition) is 2. The molecule has 1 heterocycles.